The molecule has 0 saturated carbocycles. The number of hydrogen-bond acceptors (Lipinski definition) is 4. The lowest BCUT2D eigenvalue weighted by Crippen LogP contribution is -2.50. The Labute approximate surface area is 118 Å². The van der Waals surface area contributed by atoms with Crippen molar-refractivity contribution in [1.29, 1.82) is 0 Å². The van der Waals surface area contributed by atoms with E-state index in [4.69, 9.17) is 9.16 Å². The SMILES string of the molecule is C[C@H](O)[C@H](O[Si](C)(C)C(C)(C)C)C(=O)OC(C)(C)C. The molecular weight excluding hydrogens is 260 g/mol. The third kappa shape index (κ3) is 6.06. The van der Waals surface area contributed by atoms with E-state index in [2.05, 4.69) is 20.8 Å². The summed E-state index contributed by atoms with van der Waals surface area (Å²) in [4.78, 5) is 12.1. The Bertz CT molecular complexity index is 310. The van der Waals surface area contributed by atoms with E-state index in [-0.39, 0.29) is 5.04 Å². The van der Waals surface area contributed by atoms with Gasteiger partial charge in [0.25, 0.3) is 0 Å². The van der Waals surface area contributed by atoms with Crippen molar-refractivity contribution < 1.29 is 19.1 Å². The minimum atomic E-state index is -2.13. The molecule has 1 N–H and O–H groups in total. The third-order valence-corrected chi connectivity index (χ3v) is 7.76. The molecule has 0 bridgehead atoms. The zero-order valence-corrected chi connectivity index (χ0v) is 14.8. The van der Waals surface area contributed by atoms with Gasteiger partial charge in [-0.2, -0.15) is 0 Å². The predicted octanol–water partition coefficient (Wildman–Crippen LogP) is 3.10. The number of hydrogen-bond donors (Lipinski definition) is 1. The molecule has 0 aromatic rings. The molecule has 0 aliphatic heterocycles. The second-order valence-corrected chi connectivity index (χ2v) is 12.3. The van der Waals surface area contributed by atoms with E-state index in [1.165, 1.54) is 0 Å². The summed E-state index contributed by atoms with van der Waals surface area (Å²) in [6.45, 7) is 17.3. The van der Waals surface area contributed by atoms with Crippen LogP contribution in [0.5, 0.6) is 0 Å². The predicted molar refractivity (Wildman–Crippen MR) is 79.6 cm³/mol. The van der Waals surface area contributed by atoms with Crippen LogP contribution in [-0.2, 0) is 14.0 Å². The fourth-order valence-electron chi connectivity index (χ4n) is 1.20. The first-order valence-electron chi connectivity index (χ1n) is 6.76. The van der Waals surface area contributed by atoms with Crippen molar-refractivity contribution in [3.05, 3.63) is 0 Å². The van der Waals surface area contributed by atoms with Crippen LogP contribution in [0, 0.1) is 0 Å². The van der Waals surface area contributed by atoms with E-state index in [9.17, 15) is 9.90 Å². The number of aliphatic hydroxyl groups is 1. The summed E-state index contributed by atoms with van der Waals surface area (Å²) in [5.41, 5.74) is -0.582. The van der Waals surface area contributed by atoms with Crippen LogP contribution in [0.2, 0.25) is 18.1 Å². The molecular formula is C14H30O4Si. The number of carbonyl (C=O) groups excluding carboxylic acids is 1. The lowest BCUT2D eigenvalue weighted by molar-refractivity contribution is -0.169. The highest BCUT2D eigenvalue weighted by molar-refractivity contribution is 6.74. The molecule has 114 valence electrons. The summed E-state index contributed by atoms with van der Waals surface area (Å²) in [5, 5.41) is 9.78. The molecule has 0 radical (unpaired) electrons. The molecule has 19 heavy (non-hydrogen) atoms. The topological polar surface area (TPSA) is 55.8 Å². The largest absolute Gasteiger partial charge is 0.458 e. The van der Waals surface area contributed by atoms with Crippen LogP contribution in [0.4, 0.5) is 0 Å². The molecule has 5 heteroatoms. The van der Waals surface area contributed by atoms with Gasteiger partial charge in [-0.3, -0.25) is 0 Å². The maximum atomic E-state index is 12.1. The van der Waals surface area contributed by atoms with Crippen LogP contribution in [0.1, 0.15) is 48.5 Å². The lowest BCUT2D eigenvalue weighted by Gasteiger charge is -2.39. The first kappa shape index (κ1) is 18.6. The minimum Gasteiger partial charge on any atom is -0.458 e. The number of ether oxygens (including phenoxy) is 1. The van der Waals surface area contributed by atoms with E-state index >= 15 is 0 Å². The van der Waals surface area contributed by atoms with Crippen LogP contribution >= 0.6 is 0 Å². The van der Waals surface area contributed by atoms with Gasteiger partial charge in [-0.1, -0.05) is 20.8 Å². The zero-order chi connectivity index (χ0) is 15.6. The smallest absolute Gasteiger partial charge is 0.337 e. The molecule has 0 amide bonds. The van der Waals surface area contributed by atoms with Gasteiger partial charge >= 0.3 is 5.97 Å². The number of esters is 1. The van der Waals surface area contributed by atoms with Crippen molar-refractivity contribution in [3.8, 4) is 0 Å². The molecule has 0 aliphatic carbocycles. The van der Waals surface area contributed by atoms with E-state index in [1.54, 1.807) is 27.7 Å². The van der Waals surface area contributed by atoms with Crippen LogP contribution in [0.3, 0.4) is 0 Å². The third-order valence-electron chi connectivity index (χ3n) is 3.31. The highest BCUT2D eigenvalue weighted by Crippen LogP contribution is 2.37. The van der Waals surface area contributed by atoms with Crippen molar-refractivity contribution in [1.82, 2.24) is 0 Å². The van der Waals surface area contributed by atoms with Crippen molar-refractivity contribution in [2.75, 3.05) is 0 Å². The normalized spacial score (nSPS) is 16.9. The molecule has 4 nitrogen and oxygen atoms in total. The van der Waals surface area contributed by atoms with Gasteiger partial charge in [0.05, 0.1) is 6.10 Å². The Morgan fingerprint density at radius 3 is 1.79 bits per heavy atom. The van der Waals surface area contributed by atoms with Gasteiger partial charge < -0.3 is 14.3 Å². The summed E-state index contributed by atoms with van der Waals surface area (Å²) in [5.74, 6) is -0.493. The highest BCUT2D eigenvalue weighted by Gasteiger charge is 2.43. The summed E-state index contributed by atoms with van der Waals surface area (Å²) in [6, 6.07) is 0. The first-order chi connectivity index (χ1) is 8.17. The highest BCUT2D eigenvalue weighted by atomic mass is 28.4. The van der Waals surface area contributed by atoms with Gasteiger partial charge in [0, 0.05) is 0 Å². The molecule has 0 saturated heterocycles. The Balaban J connectivity index is 5.01. The van der Waals surface area contributed by atoms with Gasteiger partial charge in [0.2, 0.25) is 0 Å². The van der Waals surface area contributed by atoms with E-state index in [0.717, 1.165) is 0 Å². The quantitative estimate of drug-likeness (QED) is 0.638. The number of aliphatic hydroxyl groups excluding tert-OH is 1. The van der Waals surface area contributed by atoms with Crippen LogP contribution in [0.25, 0.3) is 0 Å². The van der Waals surface area contributed by atoms with Gasteiger partial charge in [-0.15, -0.1) is 0 Å². The molecule has 0 heterocycles. The van der Waals surface area contributed by atoms with Crippen LogP contribution in [0.15, 0.2) is 0 Å². The summed E-state index contributed by atoms with van der Waals surface area (Å²) in [6.07, 6.45) is -1.80. The number of carbonyl (C=O) groups is 1. The molecule has 0 aromatic heterocycles. The average molecular weight is 290 g/mol. The van der Waals surface area contributed by atoms with Gasteiger partial charge in [-0.05, 0) is 45.8 Å². The maximum absolute atomic E-state index is 12.1. The van der Waals surface area contributed by atoms with Gasteiger partial charge in [0.1, 0.15) is 5.60 Å². The Morgan fingerprint density at radius 1 is 1.11 bits per heavy atom. The summed E-state index contributed by atoms with van der Waals surface area (Å²) < 4.78 is 11.3. The molecule has 0 aromatic carbocycles. The Hall–Kier alpha value is -0.393. The first-order valence-corrected chi connectivity index (χ1v) is 9.67. The fraction of sp³-hybridized carbons (Fsp3) is 0.929. The Morgan fingerprint density at radius 2 is 1.53 bits per heavy atom. The Kier molecular flexibility index (Phi) is 5.81. The molecule has 0 spiro atoms. The van der Waals surface area contributed by atoms with Gasteiger partial charge in [-0.25, -0.2) is 4.79 Å². The second kappa shape index (κ2) is 5.93. The monoisotopic (exact) mass is 290 g/mol. The van der Waals surface area contributed by atoms with Crippen molar-refractivity contribution in [2.24, 2.45) is 0 Å². The van der Waals surface area contributed by atoms with Crippen LogP contribution < -0.4 is 0 Å². The molecule has 2 atom stereocenters. The molecule has 0 fully saturated rings. The van der Waals surface area contributed by atoms with E-state index < -0.39 is 32.1 Å². The second-order valence-electron chi connectivity index (χ2n) is 7.57. The van der Waals surface area contributed by atoms with Crippen LogP contribution in [-0.4, -0.2) is 37.2 Å². The van der Waals surface area contributed by atoms with Crippen molar-refractivity contribution in [3.63, 3.8) is 0 Å². The average Bonchev–Trinajstić information content (AvgIpc) is 2.08. The molecule has 0 aliphatic rings. The van der Waals surface area contributed by atoms with E-state index in [0.29, 0.717) is 0 Å². The molecule has 0 rings (SSSR count). The summed E-state index contributed by atoms with van der Waals surface area (Å²) >= 11 is 0. The van der Waals surface area contributed by atoms with Crippen molar-refractivity contribution in [2.45, 2.75) is 84.4 Å². The minimum absolute atomic E-state index is 0.0256. The fourth-order valence-corrected chi connectivity index (χ4v) is 2.48. The van der Waals surface area contributed by atoms with E-state index in [1.807, 2.05) is 13.1 Å². The summed E-state index contributed by atoms with van der Waals surface area (Å²) in [7, 11) is -2.13. The zero-order valence-electron chi connectivity index (χ0n) is 13.8. The maximum Gasteiger partial charge on any atom is 0.337 e. The standard InChI is InChI=1S/C14H30O4Si/c1-10(15)11(12(16)17-13(2,3)4)18-19(8,9)14(5,6)7/h10-11,15H,1-9H3/t10-,11-/m0/s1. The van der Waals surface area contributed by atoms with Crippen molar-refractivity contribution >= 4 is 14.3 Å². The lowest BCUT2D eigenvalue weighted by atomic mass is 10.2. The molecule has 0 unspecified atom stereocenters. The van der Waals surface area contributed by atoms with Gasteiger partial charge in [0.15, 0.2) is 14.4 Å². The number of rotatable bonds is 4.